The van der Waals surface area contributed by atoms with E-state index in [0.717, 1.165) is 31.7 Å². The van der Waals surface area contributed by atoms with Crippen LogP contribution in [0.3, 0.4) is 0 Å². The number of nitrogens with zero attached hydrogens (tertiary/aromatic N) is 1. The number of fused-ring (bicyclic) bond motifs is 1. The summed E-state index contributed by atoms with van der Waals surface area (Å²) in [6.07, 6.45) is 7.93. The van der Waals surface area contributed by atoms with Gasteiger partial charge in [0.15, 0.2) is 11.5 Å². The lowest BCUT2D eigenvalue weighted by Gasteiger charge is -2.44. The molecule has 2 heterocycles. The van der Waals surface area contributed by atoms with Gasteiger partial charge < -0.3 is 14.2 Å². The van der Waals surface area contributed by atoms with Crippen molar-refractivity contribution in [3.8, 4) is 0 Å². The lowest BCUT2D eigenvalue weighted by atomic mass is 9.85. The van der Waals surface area contributed by atoms with Crippen molar-refractivity contribution >= 4 is 5.97 Å². The van der Waals surface area contributed by atoms with Crippen molar-refractivity contribution in [2.45, 2.75) is 57.6 Å². The predicted octanol–water partition coefficient (Wildman–Crippen LogP) is 2.77. The molecule has 0 amide bonds. The highest BCUT2D eigenvalue weighted by Crippen LogP contribution is 2.37. The van der Waals surface area contributed by atoms with Crippen LogP contribution in [0.4, 0.5) is 0 Å². The summed E-state index contributed by atoms with van der Waals surface area (Å²) in [5.74, 6) is 1.25. The molecule has 2 fully saturated rings. The van der Waals surface area contributed by atoms with Crippen LogP contribution in [0.25, 0.3) is 0 Å². The Kier molecular flexibility index (Phi) is 4.41. The third kappa shape index (κ3) is 3.39. The lowest BCUT2D eigenvalue weighted by molar-refractivity contribution is -0.167. The smallest absolute Gasteiger partial charge is 0.331 e. The lowest BCUT2D eigenvalue weighted by Crippen LogP contribution is -2.57. The Morgan fingerprint density at radius 3 is 2.43 bits per heavy atom. The van der Waals surface area contributed by atoms with E-state index < -0.39 is 11.1 Å². The maximum Gasteiger partial charge on any atom is 0.331 e. The van der Waals surface area contributed by atoms with Gasteiger partial charge in [0.2, 0.25) is 0 Å². The van der Waals surface area contributed by atoms with Crippen molar-refractivity contribution in [1.29, 1.82) is 0 Å². The summed E-state index contributed by atoms with van der Waals surface area (Å²) in [4.78, 5) is 15.3. The standard InChI is InChI=1S/C18H27NO4/c1-17(2,3)23-16(20)18(19-9-5-4-6-10-19)8-7-14-15(13-18)22-12-11-21-14/h7,13H,4-6,8-12H2,1-3H3. The molecule has 0 aromatic rings. The van der Waals surface area contributed by atoms with Gasteiger partial charge in [0.05, 0.1) is 0 Å². The first-order valence-corrected chi connectivity index (χ1v) is 8.58. The second kappa shape index (κ2) is 6.19. The van der Waals surface area contributed by atoms with Crippen LogP contribution >= 0.6 is 0 Å². The Labute approximate surface area is 138 Å². The molecule has 0 N–H and O–H groups in total. The molecule has 0 saturated carbocycles. The van der Waals surface area contributed by atoms with Gasteiger partial charge in [0.1, 0.15) is 24.4 Å². The van der Waals surface area contributed by atoms with Gasteiger partial charge in [-0.25, -0.2) is 4.79 Å². The van der Waals surface area contributed by atoms with Crippen LogP contribution in [-0.2, 0) is 19.0 Å². The zero-order chi connectivity index (χ0) is 16.5. The quantitative estimate of drug-likeness (QED) is 0.732. The molecule has 5 nitrogen and oxygen atoms in total. The molecule has 0 aromatic carbocycles. The highest BCUT2D eigenvalue weighted by molar-refractivity contribution is 5.85. The molecule has 0 spiro atoms. The molecular formula is C18H27NO4. The molecule has 2 saturated heterocycles. The fourth-order valence-electron chi connectivity index (χ4n) is 3.39. The van der Waals surface area contributed by atoms with Crippen molar-refractivity contribution < 1.29 is 19.0 Å². The Bertz CT molecular complexity index is 526. The van der Waals surface area contributed by atoms with Gasteiger partial charge in [0.25, 0.3) is 0 Å². The van der Waals surface area contributed by atoms with Crippen molar-refractivity contribution in [3.05, 3.63) is 23.7 Å². The van der Waals surface area contributed by atoms with E-state index in [1.54, 1.807) is 0 Å². The van der Waals surface area contributed by atoms with E-state index in [1.165, 1.54) is 6.42 Å². The van der Waals surface area contributed by atoms with Gasteiger partial charge >= 0.3 is 5.97 Å². The first kappa shape index (κ1) is 16.4. The highest BCUT2D eigenvalue weighted by Gasteiger charge is 2.47. The zero-order valence-electron chi connectivity index (χ0n) is 14.4. The number of ether oxygens (including phenoxy) is 3. The van der Waals surface area contributed by atoms with E-state index in [1.807, 2.05) is 32.9 Å². The highest BCUT2D eigenvalue weighted by atomic mass is 16.6. The van der Waals surface area contributed by atoms with Gasteiger partial charge in [0, 0.05) is 6.42 Å². The SMILES string of the molecule is CC(C)(C)OC(=O)C1(N2CCCCC2)C=C2OCCOC2=CC1. The third-order valence-electron chi connectivity index (χ3n) is 4.48. The van der Waals surface area contributed by atoms with Crippen LogP contribution in [-0.4, -0.2) is 48.3 Å². The number of hydrogen-bond donors (Lipinski definition) is 0. The fourth-order valence-corrected chi connectivity index (χ4v) is 3.39. The molecule has 5 heteroatoms. The first-order chi connectivity index (χ1) is 10.9. The number of rotatable bonds is 2. The maximum atomic E-state index is 13.1. The van der Waals surface area contributed by atoms with Gasteiger partial charge in [-0.05, 0) is 58.9 Å². The van der Waals surface area contributed by atoms with Gasteiger partial charge in [-0.15, -0.1) is 0 Å². The summed E-state index contributed by atoms with van der Waals surface area (Å²) in [5, 5.41) is 0. The summed E-state index contributed by atoms with van der Waals surface area (Å²) >= 11 is 0. The third-order valence-corrected chi connectivity index (χ3v) is 4.48. The van der Waals surface area contributed by atoms with E-state index in [9.17, 15) is 4.79 Å². The van der Waals surface area contributed by atoms with Crippen LogP contribution in [0.5, 0.6) is 0 Å². The van der Waals surface area contributed by atoms with Crippen LogP contribution in [0.15, 0.2) is 23.7 Å². The summed E-state index contributed by atoms with van der Waals surface area (Å²) in [6, 6.07) is 0. The summed E-state index contributed by atoms with van der Waals surface area (Å²) in [7, 11) is 0. The second-order valence-corrected chi connectivity index (χ2v) is 7.45. The average molecular weight is 321 g/mol. The van der Waals surface area contributed by atoms with E-state index in [2.05, 4.69) is 4.90 Å². The van der Waals surface area contributed by atoms with Crippen LogP contribution in [0.1, 0.15) is 46.5 Å². The summed E-state index contributed by atoms with van der Waals surface area (Å²) < 4.78 is 17.1. The molecule has 0 radical (unpaired) electrons. The summed E-state index contributed by atoms with van der Waals surface area (Å²) in [6.45, 7) is 8.63. The molecule has 3 aliphatic rings. The normalized spacial score (nSPS) is 28.7. The molecule has 2 aliphatic heterocycles. The molecule has 1 aliphatic carbocycles. The minimum atomic E-state index is -0.771. The maximum absolute atomic E-state index is 13.1. The van der Waals surface area contributed by atoms with Crippen molar-refractivity contribution in [3.63, 3.8) is 0 Å². The average Bonchev–Trinajstić information content (AvgIpc) is 2.53. The van der Waals surface area contributed by atoms with E-state index in [0.29, 0.717) is 25.4 Å². The van der Waals surface area contributed by atoms with Gasteiger partial charge in [-0.2, -0.15) is 0 Å². The van der Waals surface area contributed by atoms with Crippen molar-refractivity contribution in [2.24, 2.45) is 0 Å². The molecule has 23 heavy (non-hydrogen) atoms. The molecule has 0 aromatic heterocycles. The molecular weight excluding hydrogens is 294 g/mol. The van der Waals surface area contributed by atoms with E-state index in [4.69, 9.17) is 14.2 Å². The molecule has 1 atom stereocenters. The molecule has 3 rings (SSSR count). The minimum Gasteiger partial charge on any atom is -0.486 e. The number of esters is 1. The van der Waals surface area contributed by atoms with Gasteiger partial charge in [-0.3, -0.25) is 4.90 Å². The Balaban J connectivity index is 1.92. The Morgan fingerprint density at radius 2 is 1.78 bits per heavy atom. The second-order valence-electron chi connectivity index (χ2n) is 7.45. The Hall–Kier alpha value is -1.49. The van der Waals surface area contributed by atoms with Crippen LogP contribution in [0.2, 0.25) is 0 Å². The zero-order valence-corrected chi connectivity index (χ0v) is 14.4. The first-order valence-electron chi connectivity index (χ1n) is 8.58. The number of carbonyl (C=O) groups excluding carboxylic acids is 1. The van der Waals surface area contributed by atoms with Crippen molar-refractivity contribution in [2.75, 3.05) is 26.3 Å². The van der Waals surface area contributed by atoms with Crippen molar-refractivity contribution in [1.82, 2.24) is 4.90 Å². The van der Waals surface area contributed by atoms with Crippen LogP contribution in [0, 0.1) is 0 Å². The molecule has 128 valence electrons. The fraction of sp³-hybridized carbons (Fsp3) is 0.722. The molecule has 1 unspecified atom stereocenters. The predicted molar refractivity (Wildman–Crippen MR) is 86.7 cm³/mol. The van der Waals surface area contributed by atoms with E-state index in [-0.39, 0.29) is 5.97 Å². The number of likely N-dealkylation sites (tertiary alicyclic amines) is 1. The minimum absolute atomic E-state index is 0.191. The van der Waals surface area contributed by atoms with E-state index >= 15 is 0 Å². The number of hydrogen-bond acceptors (Lipinski definition) is 5. The van der Waals surface area contributed by atoms with Gasteiger partial charge in [-0.1, -0.05) is 6.42 Å². The topological polar surface area (TPSA) is 48.0 Å². The Morgan fingerprint density at radius 1 is 1.13 bits per heavy atom. The summed E-state index contributed by atoms with van der Waals surface area (Å²) in [5.41, 5.74) is -1.28. The number of piperidine rings is 1. The molecule has 0 bridgehead atoms. The number of carbonyl (C=O) groups is 1. The largest absolute Gasteiger partial charge is 0.486 e. The monoisotopic (exact) mass is 321 g/mol. The van der Waals surface area contributed by atoms with Crippen LogP contribution < -0.4 is 0 Å².